The molecule has 0 N–H and O–H groups in total. The molecule has 0 amide bonds. The van der Waals surface area contributed by atoms with Gasteiger partial charge in [0.05, 0.1) is 0 Å². The smallest absolute Gasteiger partial charge is 0.0243 e. The Morgan fingerprint density at radius 1 is 1.36 bits per heavy atom. The summed E-state index contributed by atoms with van der Waals surface area (Å²) in [5, 5.41) is 1.39. The van der Waals surface area contributed by atoms with Crippen molar-refractivity contribution in [2.75, 3.05) is 6.16 Å². The molecular weight excluding hydrogens is 151 g/mol. The normalized spacial score (nSPS) is 10.2. The van der Waals surface area contributed by atoms with Crippen molar-refractivity contribution in [1.82, 2.24) is 0 Å². The van der Waals surface area contributed by atoms with Crippen LogP contribution in [0.1, 0.15) is 12.5 Å². The molecule has 0 saturated heterocycles. The molecule has 0 fully saturated rings. The van der Waals surface area contributed by atoms with Crippen LogP contribution in [0.4, 0.5) is 0 Å². The largest absolute Gasteiger partial charge is 0.115 e. The Kier molecular flexibility index (Phi) is 3.14. The quantitative estimate of drug-likeness (QED) is 0.461. The molecular formula is C10H11P. The first kappa shape index (κ1) is 8.31. The highest BCUT2D eigenvalue weighted by Gasteiger charge is 1.89. The van der Waals surface area contributed by atoms with E-state index in [2.05, 4.69) is 25.0 Å². The lowest BCUT2D eigenvalue weighted by Gasteiger charge is -1.97. The highest BCUT2D eigenvalue weighted by atomic mass is 31.1. The second-order valence-electron chi connectivity index (χ2n) is 2.25. The minimum Gasteiger partial charge on any atom is -0.115 e. The van der Waals surface area contributed by atoms with E-state index in [0.717, 1.165) is 14.1 Å². The lowest BCUT2D eigenvalue weighted by molar-refractivity contribution is 1.52. The fraction of sp³-hybridized carbons (Fsp3) is 0.200. The van der Waals surface area contributed by atoms with Crippen molar-refractivity contribution in [3.8, 4) is 12.3 Å². The van der Waals surface area contributed by atoms with E-state index in [1.165, 1.54) is 11.5 Å². The van der Waals surface area contributed by atoms with Gasteiger partial charge >= 0.3 is 0 Å². The number of hydrogen-bond acceptors (Lipinski definition) is 0. The highest BCUT2D eigenvalue weighted by Crippen LogP contribution is 2.08. The standard InChI is InChI=1S/C10H11P/c1-3-9-5-7-10(8-6-9)11-4-2/h1,5-8,11H,4H2,2H3. The van der Waals surface area contributed by atoms with Crippen LogP contribution < -0.4 is 5.30 Å². The maximum atomic E-state index is 5.23. The first-order valence-electron chi connectivity index (χ1n) is 3.67. The molecule has 0 saturated carbocycles. The molecule has 1 atom stereocenters. The number of rotatable bonds is 2. The molecule has 0 aliphatic rings. The zero-order valence-corrected chi connectivity index (χ0v) is 7.59. The van der Waals surface area contributed by atoms with Crippen molar-refractivity contribution in [3.63, 3.8) is 0 Å². The molecule has 0 radical (unpaired) electrons. The van der Waals surface area contributed by atoms with E-state index in [-0.39, 0.29) is 0 Å². The summed E-state index contributed by atoms with van der Waals surface area (Å²) in [6.07, 6.45) is 6.44. The van der Waals surface area contributed by atoms with Crippen LogP contribution in [0.25, 0.3) is 0 Å². The van der Waals surface area contributed by atoms with Crippen LogP contribution in [0, 0.1) is 12.3 Å². The van der Waals surface area contributed by atoms with E-state index in [4.69, 9.17) is 6.42 Å². The number of hydrogen-bond donors (Lipinski definition) is 0. The molecule has 56 valence electrons. The summed E-state index contributed by atoms with van der Waals surface area (Å²) in [6.45, 7) is 2.19. The Morgan fingerprint density at radius 2 is 2.00 bits per heavy atom. The molecule has 0 nitrogen and oxygen atoms in total. The van der Waals surface area contributed by atoms with E-state index in [0.29, 0.717) is 0 Å². The minimum atomic E-state index is 0.916. The summed E-state index contributed by atoms with van der Waals surface area (Å²) in [4.78, 5) is 0. The van der Waals surface area contributed by atoms with Gasteiger partial charge in [-0.25, -0.2) is 0 Å². The van der Waals surface area contributed by atoms with Crippen LogP contribution >= 0.6 is 8.58 Å². The van der Waals surface area contributed by atoms with Gasteiger partial charge in [0.15, 0.2) is 0 Å². The summed E-state index contributed by atoms with van der Waals surface area (Å²) in [7, 11) is 0.916. The van der Waals surface area contributed by atoms with E-state index in [1.807, 2.05) is 12.1 Å². The SMILES string of the molecule is C#Cc1ccc(PCC)cc1. The van der Waals surface area contributed by atoms with Gasteiger partial charge in [-0.05, 0) is 23.6 Å². The van der Waals surface area contributed by atoms with Crippen LogP contribution in [0.5, 0.6) is 0 Å². The van der Waals surface area contributed by atoms with Crippen molar-refractivity contribution >= 4 is 13.9 Å². The number of terminal acetylenes is 1. The molecule has 1 heteroatoms. The van der Waals surface area contributed by atoms with Crippen molar-refractivity contribution in [3.05, 3.63) is 29.8 Å². The molecule has 1 unspecified atom stereocenters. The third-order valence-electron chi connectivity index (χ3n) is 1.43. The molecule has 0 spiro atoms. The van der Waals surface area contributed by atoms with E-state index >= 15 is 0 Å². The Bertz CT molecular complexity index is 253. The van der Waals surface area contributed by atoms with Gasteiger partial charge in [-0.15, -0.1) is 6.42 Å². The average Bonchev–Trinajstić information content (AvgIpc) is 2.07. The maximum Gasteiger partial charge on any atom is 0.0243 e. The van der Waals surface area contributed by atoms with Crippen LogP contribution in [-0.4, -0.2) is 6.16 Å². The van der Waals surface area contributed by atoms with Gasteiger partial charge in [-0.3, -0.25) is 0 Å². The molecule has 0 aliphatic carbocycles. The van der Waals surface area contributed by atoms with E-state index in [1.54, 1.807) is 0 Å². The van der Waals surface area contributed by atoms with Gasteiger partial charge in [-0.1, -0.05) is 33.6 Å². The minimum absolute atomic E-state index is 0.916. The average molecular weight is 162 g/mol. The second-order valence-corrected chi connectivity index (χ2v) is 3.89. The Morgan fingerprint density at radius 3 is 2.45 bits per heavy atom. The molecule has 0 heterocycles. The monoisotopic (exact) mass is 162 g/mol. The molecule has 1 aromatic carbocycles. The fourth-order valence-electron chi connectivity index (χ4n) is 0.888. The van der Waals surface area contributed by atoms with Crippen LogP contribution in [0.15, 0.2) is 24.3 Å². The summed E-state index contributed by atoms with van der Waals surface area (Å²) in [5.41, 5.74) is 0.967. The predicted octanol–water partition coefficient (Wildman–Crippen LogP) is 1.99. The third kappa shape index (κ3) is 2.37. The van der Waals surface area contributed by atoms with Gasteiger partial charge in [0.1, 0.15) is 0 Å². The van der Waals surface area contributed by atoms with Crippen LogP contribution in [-0.2, 0) is 0 Å². The summed E-state index contributed by atoms with van der Waals surface area (Å²) in [5.74, 6) is 2.60. The first-order chi connectivity index (χ1) is 5.36. The van der Waals surface area contributed by atoms with Crippen LogP contribution in [0.3, 0.4) is 0 Å². The van der Waals surface area contributed by atoms with Gasteiger partial charge in [-0.2, -0.15) is 0 Å². The van der Waals surface area contributed by atoms with E-state index in [9.17, 15) is 0 Å². The van der Waals surface area contributed by atoms with Crippen molar-refractivity contribution in [1.29, 1.82) is 0 Å². The second kappa shape index (κ2) is 4.16. The van der Waals surface area contributed by atoms with Gasteiger partial charge < -0.3 is 0 Å². The van der Waals surface area contributed by atoms with Crippen LogP contribution in [0.2, 0.25) is 0 Å². The zero-order chi connectivity index (χ0) is 8.10. The first-order valence-corrected chi connectivity index (χ1v) is 4.88. The fourth-order valence-corrected chi connectivity index (χ4v) is 1.70. The third-order valence-corrected chi connectivity index (χ3v) is 2.53. The zero-order valence-electron chi connectivity index (χ0n) is 6.59. The van der Waals surface area contributed by atoms with Crippen molar-refractivity contribution < 1.29 is 0 Å². The van der Waals surface area contributed by atoms with Gasteiger partial charge in [0, 0.05) is 5.56 Å². The van der Waals surface area contributed by atoms with Crippen molar-refractivity contribution in [2.24, 2.45) is 0 Å². The highest BCUT2D eigenvalue weighted by molar-refractivity contribution is 7.47. The molecule has 11 heavy (non-hydrogen) atoms. The lowest BCUT2D eigenvalue weighted by atomic mass is 10.2. The molecule has 0 bridgehead atoms. The Balaban J connectivity index is 2.76. The molecule has 0 aromatic heterocycles. The summed E-state index contributed by atoms with van der Waals surface area (Å²) in [6, 6.07) is 8.21. The Labute approximate surface area is 69.8 Å². The van der Waals surface area contributed by atoms with E-state index < -0.39 is 0 Å². The summed E-state index contributed by atoms with van der Waals surface area (Å²) < 4.78 is 0. The van der Waals surface area contributed by atoms with Gasteiger partial charge in [0.2, 0.25) is 0 Å². The maximum absolute atomic E-state index is 5.23. The van der Waals surface area contributed by atoms with Gasteiger partial charge in [0.25, 0.3) is 0 Å². The molecule has 0 aliphatic heterocycles. The number of benzene rings is 1. The topological polar surface area (TPSA) is 0 Å². The molecule has 1 aromatic rings. The predicted molar refractivity (Wildman–Crippen MR) is 52.9 cm³/mol. The summed E-state index contributed by atoms with van der Waals surface area (Å²) >= 11 is 0. The Hall–Kier alpha value is -0.790. The lowest BCUT2D eigenvalue weighted by Crippen LogP contribution is -1.92. The van der Waals surface area contributed by atoms with Crippen molar-refractivity contribution in [2.45, 2.75) is 6.92 Å². The molecule has 1 rings (SSSR count).